The zero-order valence-electron chi connectivity index (χ0n) is 10.6. The average Bonchev–Trinajstić information content (AvgIpc) is 2.76. The second-order valence-corrected chi connectivity index (χ2v) is 4.64. The fourth-order valence-corrected chi connectivity index (χ4v) is 2.48. The van der Waals surface area contributed by atoms with E-state index >= 15 is 0 Å². The minimum absolute atomic E-state index is 0.122. The number of benzene rings is 1. The highest BCUT2D eigenvalue weighted by molar-refractivity contribution is 6.01. The van der Waals surface area contributed by atoms with Crippen LogP contribution in [0, 0.1) is 0 Å². The van der Waals surface area contributed by atoms with Crippen molar-refractivity contribution in [2.75, 3.05) is 42.9 Å². The first-order valence-corrected chi connectivity index (χ1v) is 6.42. The monoisotopic (exact) mass is 260 g/mol. The van der Waals surface area contributed by atoms with E-state index in [4.69, 9.17) is 0 Å². The Morgan fingerprint density at radius 1 is 1.11 bits per heavy atom. The maximum atomic E-state index is 11.5. The van der Waals surface area contributed by atoms with Crippen LogP contribution >= 0.6 is 0 Å². The van der Waals surface area contributed by atoms with Crippen molar-refractivity contribution in [3.63, 3.8) is 0 Å². The van der Waals surface area contributed by atoms with Crippen LogP contribution in [0.4, 0.5) is 16.2 Å². The van der Waals surface area contributed by atoms with Crippen LogP contribution in [-0.4, -0.2) is 49.6 Å². The number of hydrogen-bond donors (Lipinski definition) is 2. The van der Waals surface area contributed by atoms with Crippen molar-refractivity contribution in [2.24, 2.45) is 0 Å². The normalized spacial score (nSPS) is 18.1. The van der Waals surface area contributed by atoms with Crippen LogP contribution in [0.1, 0.15) is 0 Å². The van der Waals surface area contributed by atoms with E-state index in [1.54, 1.807) is 0 Å². The molecule has 0 aliphatic carbocycles. The predicted molar refractivity (Wildman–Crippen MR) is 72.3 cm³/mol. The highest BCUT2D eigenvalue weighted by Gasteiger charge is 2.28. The van der Waals surface area contributed by atoms with Gasteiger partial charge in [-0.2, -0.15) is 0 Å². The number of amides is 3. The van der Waals surface area contributed by atoms with Crippen molar-refractivity contribution in [1.82, 2.24) is 10.2 Å². The van der Waals surface area contributed by atoms with E-state index in [9.17, 15) is 9.59 Å². The van der Waals surface area contributed by atoms with Gasteiger partial charge in [-0.25, -0.2) is 4.79 Å². The summed E-state index contributed by atoms with van der Waals surface area (Å²) in [6.45, 7) is 2.96. The summed E-state index contributed by atoms with van der Waals surface area (Å²) in [5, 5.41) is 5.87. The number of rotatable bonds is 3. The second kappa shape index (κ2) is 4.79. The number of fused-ring (bicyclic) bond motifs is 1. The van der Waals surface area contributed by atoms with Crippen LogP contribution < -0.4 is 15.5 Å². The molecule has 2 heterocycles. The van der Waals surface area contributed by atoms with Gasteiger partial charge in [-0.1, -0.05) is 12.1 Å². The van der Waals surface area contributed by atoms with Crippen LogP contribution in [0.3, 0.4) is 0 Å². The Kier molecular flexibility index (Phi) is 2.98. The molecule has 0 spiro atoms. The number of carbonyl (C=O) groups is 2. The van der Waals surface area contributed by atoms with Crippen molar-refractivity contribution in [2.45, 2.75) is 0 Å². The topological polar surface area (TPSA) is 64.7 Å². The Morgan fingerprint density at radius 3 is 2.74 bits per heavy atom. The van der Waals surface area contributed by atoms with Gasteiger partial charge in [-0.05, 0) is 12.1 Å². The lowest BCUT2D eigenvalue weighted by Crippen LogP contribution is -2.42. The number of nitrogens with zero attached hydrogens (tertiary/aromatic N) is 2. The molecule has 0 atom stereocenters. The Labute approximate surface area is 111 Å². The van der Waals surface area contributed by atoms with E-state index in [1.807, 2.05) is 24.3 Å². The minimum Gasteiger partial charge on any atom is -0.382 e. The Morgan fingerprint density at radius 2 is 1.95 bits per heavy atom. The molecule has 6 nitrogen and oxygen atoms in total. The SMILES string of the molecule is O=C1CNC(=O)N1CCN1CCNc2ccccc21. The molecule has 2 N–H and O–H groups in total. The molecule has 0 radical (unpaired) electrons. The quantitative estimate of drug-likeness (QED) is 0.775. The molecule has 0 bridgehead atoms. The van der Waals surface area contributed by atoms with E-state index in [0.717, 1.165) is 24.5 Å². The standard InChI is InChI=1S/C13H16N4O2/c18-12-9-15-13(19)17(12)8-7-16-6-5-14-10-3-1-2-4-11(10)16/h1-4,14H,5-9H2,(H,15,19). The lowest BCUT2D eigenvalue weighted by molar-refractivity contribution is -0.124. The smallest absolute Gasteiger partial charge is 0.324 e. The highest BCUT2D eigenvalue weighted by atomic mass is 16.2. The number of anilines is 2. The van der Waals surface area contributed by atoms with Crippen LogP contribution in [0.2, 0.25) is 0 Å². The van der Waals surface area contributed by atoms with Gasteiger partial charge in [0.05, 0.1) is 17.9 Å². The van der Waals surface area contributed by atoms with Crippen LogP contribution in [0.15, 0.2) is 24.3 Å². The number of hydrogen-bond acceptors (Lipinski definition) is 4. The van der Waals surface area contributed by atoms with Crippen molar-refractivity contribution in [3.8, 4) is 0 Å². The molecular formula is C13H16N4O2. The van der Waals surface area contributed by atoms with Gasteiger partial charge >= 0.3 is 6.03 Å². The minimum atomic E-state index is -0.284. The molecule has 6 heteroatoms. The zero-order valence-corrected chi connectivity index (χ0v) is 10.6. The lowest BCUT2D eigenvalue weighted by atomic mass is 10.2. The van der Waals surface area contributed by atoms with E-state index < -0.39 is 0 Å². The number of nitrogens with one attached hydrogen (secondary N) is 2. The predicted octanol–water partition coefficient (Wildman–Crippen LogP) is 0.470. The average molecular weight is 260 g/mol. The fourth-order valence-electron chi connectivity index (χ4n) is 2.48. The Hall–Kier alpha value is -2.24. The molecule has 1 aromatic carbocycles. The number of urea groups is 1. The highest BCUT2D eigenvalue weighted by Crippen LogP contribution is 2.27. The first kappa shape index (κ1) is 11.8. The fraction of sp³-hybridized carbons (Fsp3) is 0.385. The molecule has 0 unspecified atom stereocenters. The zero-order chi connectivity index (χ0) is 13.2. The number of imide groups is 1. The van der Waals surface area contributed by atoms with E-state index in [1.165, 1.54) is 4.90 Å². The summed E-state index contributed by atoms with van der Waals surface area (Å²) >= 11 is 0. The van der Waals surface area contributed by atoms with Crippen molar-refractivity contribution >= 4 is 23.3 Å². The number of carbonyl (C=O) groups excluding carboxylic acids is 2. The molecule has 19 heavy (non-hydrogen) atoms. The van der Waals surface area contributed by atoms with Crippen molar-refractivity contribution in [3.05, 3.63) is 24.3 Å². The molecular weight excluding hydrogens is 244 g/mol. The van der Waals surface area contributed by atoms with E-state index in [0.29, 0.717) is 13.1 Å². The summed E-state index contributed by atoms with van der Waals surface area (Å²) in [6.07, 6.45) is 0. The van der Waals surface area contributed by atoms with Crippen LogP contribution in [0.25, 0.3) is 0 Å². The molecule has 100 valence electrons. The molecule has 3 rings (SSSR count). The molecule has 0 saturated carbocycles. The molecule has 1 saturated heterocycles. The summed E-state index contributed by atoms with van der Waals surface area (Å²) in [6, 6.07) is 7.79. The molecule has 1 fully saturated rings. The van der Waals surface area contributed by atoms with Gasteiger partial charge in [0.1, 0.15) is 0 Å². The second-order valence-electron chi connectivity index (χ2n) is 4.64. The lowest BCUT2D eigenvalue weighted by Gasteiger charge is -2.32. The Bertz CT molecular complexity index is 501. The van der Waals surface area contributed by atoms with Crippen LogP contribution in [-0.2, 0) is 4.79 Å². The van der Waals surface area contributed by atoms with Gasteiger partial charge < -0.3 is 15.5 Å². The summed E-state index contributed by atoms with van der Waals surface area (Å²) < 4.78 is 0. The van der Waals surface area contributed by atoms with E-state index in [2.05, 4.69) is 15.5 Å². The maximum Gasteiger partial charge on any atom is 0.324 e. The summed E-state index contributed by atoms with van der Waals surface area (Å²) in [4.78, 5) is 26.5. The van der Waals surface area contributed by atoms with Gasteiger partial charge in [0.2, 0.25) is 5.91 Å². The molecule has 1 aromatic rings. The number of para-hydroxylation sites is 2. The summed E-state index contributed by atoms with van der Waals surface area (Å²) in [5.74, 6) is -0.145. The largest absolute Gasteiger partial charge is 0.382 e. The maximum absolute atomic E-state index is 11.5. The molecule has 0 aromatic heterocycles. The van der Waals surface area contributed by atoms with Gasteiger partial charge in [0.25, 0.3) is 0 Å². The molecule has 2 aliphatic rings. The van der Waals surface area contributed by atoms with Gasteiger partial charge in [-0.3, -0.25) is 9.69 Å². The van der Waals surface area contributed by atoms with E-state index in [-0.39, 0.29) is 18.5 Å². The molecule has 2 aliphatic heterocycles. The third-order valence-corrected chi connectivity index (χ3v) is 3.47. The summed E-state index contributed by atoms with van der Waals surface area (Å²) in [5.41, 5.74) is 2.23. The van der Waals surface area contributed by atoms with Crippen LogP contribution in [0.5, 0.6) is 0 Å². The van der Waals surface area contributed by atoms with Gasteiger partial charge in [0.15, 0.2) is 0 Å². The Balaban J connectivity index is 1.68. The first-order valence-electron chi connectivity index (χ1n) is 6.42. The molecule has 3 amide bonds. The first-order chi connectivity index (χ1) is 9.25. The summed E-state index contributed by atoms with van der Waals surface area (Å²) in [7, 11) is 0. The van der Waals surface area contributed by atoms with Gasteiger partial charge in [0, 0.05) is 26.2 Å². The van der Waals surface area contributed by atoms with Crippen molar-refractivity contribution < 1.29 is 9.59 Å². The van der Waals surface area contributed by atoms with Gasteiger partial charge in [-0.15, -0.1) is 0 Å². The third-order valence-electron chi connectivity index (χ3n) is 3.47. The third kappa shape index (κ3) is 2.21. The van der Waals surface area contributed by atoms with Crippen molar-refractivity contribution in [1.29, 1.82) is 0 Å².